The Bertz CT molecular complexity index is 831. The summed E-state index contributed by atoms with van der Waals surface area (Å²) in [5.74, 6) is 0.182. The number of guanidine groups is 1. The summed E-state index contributed by atoms with van der Waals surface area (Å²) in [6.45, 7) is 3.93. The van der Waals surface area contributed by atoms with E-state index in [4.69, 9.17) is 5.73 Å². The summed E-state index contributed by atoms with van der Waals surface area (Å²) >= 11 is 0. The molecule has 28 heavy (non-hydrogen) atoms. The second kappa shape index (κ2) is 10.7. The highest BCUT2D eigenvalue weighted by Gasteiger charge is 2.04. The zero-order chi connectivity index (χ0) is 20.4. The van der Waals surface area contributed by atoms with Gasteiger partial charge in [-0.25, -0.2) is 4.99 Å². The molecular weight excluding hydrogens is 354 g/mol. The van der Waals surface area contributed by atoms with Gasteiger partial charge in [-0.15, -0.1) is 0 Å². The fraction of sp³-hybridized carbons (Fsp3) is 0.286. The summed E-state index contributed by atoms with van der Waals surface area (Å²) in [6.07, 6.45) is 0.766. The first-order valence-electron chi connectivity index (χ1n) is 9.25. The van der Waals surface area contributed by atoms with E-state index in [0.717, 1.165) is 24.1 Å². The third-order valence-corrected chi connectivity index (χ3v) is 4.12. The number of rotatable bonds is 8. The van der Waals surface area contributed by atoms with Crippen molar-refractivity contribution in [1.29, 1.82) is 0 Å². The van der Waals surface area contributed by atoms with E-state index in [0.29, 0.717) is 30.2 Å². The minimum absolute atomic E-state index is 0.0907. The summed E-state index contributed by atoms with van der Waals surface area (Å²) in [6, 6.07) is 14.7. The van der Waals surface area contributed by atoms with E-state index in [-0.39, 0.29) is 5.91 Å². The SMILES string of the molecule is CCNC(=NCc1ccc(C(N)=O)cc1)NCCc1cccc(C(=O)NC)c1. The van der Waals surface area contributed by atoms with Gasteiger partial charge in [0.2, 0.25) is 5.91 Å². The second-order valence-corrected chi connectivity index (χ2v) is 6.21. The predicted octanol–water partition coefficient (Wildman–Crippen LogP) is 1.44. The molecule has 7 heteroatoms. The lowest BCUT2D eigenvalue weighted by molar-refractivity contribution is 0.0961. The summed E-state index contributed by atoms with van der Waals surface area (Å²) in [4.78, 5) is 27.4. The van der Waals surface area contributed by atoms with E-state index < -0.39 is 5.91 Å². The Labute approximate surface area is 165 Å². The number of nitrogens with one attached hydrogen (secondary N) is 3. The topological polar surface area (TPSA) is 109 Å². The smallest absolute Gasteiger partial charge is 0.251 e. The van der Waals surface area contributed by atoms with Crippen LogP contribution in [0.4, 0.5) is 0 Å². The van der Waals surface area contributed by atoms with Crippen LogP contribution in [0.1, 0.15) is 38.8 Å². The van der Waals surface area contributed by atoms with Crippen molar-refractivity contribution in [2.24, 2.45) is 10.7 Å². The number of nitrogens with zero attached hydrogens (tertiary/aromatic N) is 1. The van der Waals surface area contributed by atoms with Gasteiger partial charge in [0.05, 0.1) is 6.54 Å². The van der Waals surface area contributed by atoms with E-state index in [1.54, 1.807) is 25.2 Å². The third kappa shape index (κ3) is 6.42. The number of amides is 2. The van der Waals surface area contributed by atoms with Crippen LogP contribution in [0.5, 0.6) is 0 Å². The fourth-order valence-corrected chi connectivity index (χ4v) is 2.62. The van der Waals surface area contributed by atoms with Crippen molar-refractivity contribution < 1.29 is 9.59 Å². The van der Waals surface area contributed by atoms with Crippen LogP contribution in [0.2, 0.25) is 0 Å². The first-order chi connectivity index (χ1) is 13.5. The van der Waals surface area contributed by atoms with Crippen molar-refractivity contribution >= 4 is 17.8 Å². The maximum atomic E-state index is 11.7. The van der Waals surface area contributed by atoms with Crippen LogP contribution in [0.25, 0.3) is 0 Å². The molecular formula is C21H27N5O2. The van der Waals surface area contributed by atoms with Gasteiger partial charge in [-0.05, 0) is 48.7 Å². The van der Waals surface area contributed by atoms with Crippen LogP contribution in [0.15, 0.2) is 53.5 Å². The maximum absolute atomic E-state index is 11.7. The van der Waals surface area contributed by atoms with Crippen molar-refractivity contribution in [3.8, 4) is 0 Å². The summed E-state index contributed by atoms with van der Waals surface area (Å²) in [7, 11) is 1.62. The molecule has 2 rings (SSSR count). The van der Waals surface area contributed by atoms with Crippen molar-refractivity contribution in [3.05, 3.63) is 70.8 Å². The molecule has 0 bridgehead atoms. The zero-order valence-electron chi connectivity index (χ0n) is 16.3. The molecule has 0 radical (unpaired) electrons. The largest absolute Gasteiger partial charge is 0.366 e. The van der Waals surface area contributed by atoms with E-state index >= 15 is 0 Å². The molecule has 0 fully saturated rings. The number of hydrogen-bond acceptors (Lipinski definition) is 3. The standard InChI is InChI=1S/C21H27N5O2/c1-3-24-21(26-14-16-7-9-17(10-8-16)19(22)27)25-12-11-15-5-4-6-18(13-15)20(28)23-2/h4-10,13H,3,11-12,14H2,1-2H3,(H2,22,27)(H,23,28)(H2,24,25,26). The van der Waals surface area contributed by atoms with E-state index in [2.05, 4.69) is 20.9 Å². The minimum Gasteiger partial charge on any atom is -0.366 e. The first-order valence-corrected chi connectivity index (χ1v) is 9.25. The van der Waals surface area contributed by atoms with E-state index in [1.165, 1.54) is 0 Å². The number of nitrogens with two attached hydrogens (primary N) is 1. The van der Waals surface area contributed by atoms with Gasteiger partial charge in [0.1, 0.15) is 0 Å². The normalized spacial score (nSPS) is 11.0. The fourth-order valence-electron chi connectivity index (χ4n) is 2.62. The van der Waals surface area contributed by atoms with Crippen molar-refractivity contribution in [2.45, 2.75) is 19.9 Å². The number of carbonyl (C=O) groups excluding carboxylic acids is 2. The molecule has 0 aromatic heterocycles. The number of hydrogen-bond donors (Lipinski definition) is 4. The first kappa shape index (κ1) is 21.0. The van der Waals surface area contributed by atoms with Crippen LogP contribution in [-0.2, 0) is 13.0 Å². The molecule has 0 spiro atoms. The lowest BCUT2D eigenvalue weighted by Crippen LogP contribution is -2.38. The molecule has 2 aromatic carbocycles. The molecule has 2 aromatic rings. The van der Waals surface area contributed by atoms with Gasteiger partial charge >= 0.3 is 0 Å². The van der Waals surface area contributed by atoms with Gasteiger partial charge in [-0.3, -0.25) is 9.59 Å². The Hall–Kier alpha value is -3.35. The molecule has 0 aliphatic heterocycles. The van der Waals surface area contributed by atoms with Crippen LogP contribution < -0.4 is 21.7 Å². The summed E-state index contributed by atoms with van der Waals surface area (Å²) < 4.78 is 0. The molecule has 0 heterocycles. The Kier molecular flexibility index (Phi) is 8.02. The Morgan fingerprint density at radius 1 is 1.00 bits per heavy atom. The monoisotopic (exact) mass is 381 g/mol. The Morgan fingerprint density at radius 2 is 1.75 bits per heavy atom. The Morgan fingerprint density at radius 3 is 2.39 bits per heavy atom. The molecule has 0 saturated heterocycles. The average Bonchev–Trinajstić information content (AvgIpc) is 2.72. The van der Waals surface area contributed by atoms with Crippen molar-refractivity contribution in [1.82, 2.24) is 16.0 Å². The number of primary amides is 1. The third-order valence-electron chi connectivity index (χ3n) is 4.12. The molecule has 0 atom stereocenters. The van der Waals surface area contributed by atoms with Crippen molar-refractivity contribution in [3.63, 3.8) is 0 Å². The average molecular weight is 381 g/mol. The lowest BCUT2D eigenvalue weighted by Gasteiger charge is -2.12. The maximum Gasteiger partial charge on any atom is 0.251 e. The van der Waals surface area contributed by atoms with Gasteiger partial charge in [-0.1, -0.05) is 24.3 Å². The van der Waals surface area contributed by atoms with Gasteiger partial charge in [0.25, 0.3) is 5.91 Å². The molecule has 148 valence electrons. The number of aliphatic imine (C=N–C) groups is 1. The second-order valence-electron chi connectivity index (χ2n) is 6.21. The summed E-state index contributed by atoms with van der Waals surface area (Å²) in [5.41, 5.74) is 8.45. The van der Waals surface area contributed by atoms with Crippen LogP contribution in [0, 0.1) is 0 Å². The molecule has 0 aliphatic rings. The number of carbonyl (C=O) groups is 2. The molecule has 0 saturated carbocycles. The predicted molar refractivity (Wildman–Crippen MR) is 111 cm³/mol. The Balaban J connectivity index is 1.92. The van der Waals surface area contributed by atoms with Gasteiger partial charge in [0, 0.05) is 31.3 Å². The van der Waals surface area contributed by atoms with Crippen molar-refractivity contribution in [2.75, 3.05) is 20.1 Å². The molecule has 0 aliphatic carbocycles. The lowest BCUT2D eigenvalue weighted by atomic mass is 10.1. The van der Waals surface area contributed by atoms with Crippen LogP contribution in [0.3, 0.4) is 0 Å². The van der Waals surface area contributed by atoms with Gasteiger partial charge in [-0.2, -0.15) is 0 Å². The minimum atomic E-state index is -0.439. The van der Waals surface area contributed by atoms with Gasteiger partial charge < -0.3 is 21.7 Å². The van der Waals surface area contributed by atoms with E-state index in [9.17, 15) is 9.59 Å². The molecule has 7 nitrogen and oxygen atoms in total. The van der Waals surface area contributed by atoms with E-state index in [1.807, 2.05) is 37.3 Å². The highest BCUT2D eigenvalue weighted by Crippen LogP contribution is 2.06. The molecule has 5 N–H and O–H groups in total. The highest BCUT2D eigenvalue weighted by molar-refractivity contribution is 5.94. The highest BCUT2D eigenvalue weighted by atomic mass is 16.1. The number of benzene rings is 2. The molecule has 0 unspecified atom stereocenters. The van der Waals surface area contributed by atoms with Gasteiger partial charge in [0.15, 0.2) is 5.96 Å². The molecule has 2 amide bonds. The quantitative estimate of drug-likeness (QED) is 0.410. The summed E-state index contributed by atoms with van der Waals surface area (Å²) in [5, 5.41) is 9.14. The van der Waals surface area contributed by atoms with Crippen LogP contribution >= 0.6 is 0 Å². The van der Waals surface area contributed by atoms with Crippen LogP contribution in [-0.4, -0.2) is 37.9 Å². The zero-order valence-corrected chi connectivity index (χ0v) is 16.3.